The molecular formula is C11H14IN5. The lowest BCUT2D eigenvalue weighted by molar-refractivity contribution is 0.620. The first-order valence-electron chi connectivity index (χ1n) is 5.52. The second kappa shape index (κ2) is 6.53. The summed E-state index contributed by atoms with van der Waals surface area (Å²) in [6.07, 6.45) is 11.5. The Morgan fingerprint density at radius 3 is 2.76 bits per heavy atom. The molecule has 0 unspecified atom stereocenters. The first-order chi connectivity index (χ1) is 8.34. The fourth-order valence-electron chi connectivity index (χ4n) is 1.44. The zero-order valence-corrected chi connectivity index (χ0v) is 11.5. The Bertz CT molecular complexity index is 426. The molecule has 0 atom stereocenters. The van der Waals surface area contributed by atoms with Crippen LogP contribution in [0, 0.1) is 3.57 Å². The summed E-state index contributed by atoms with van der Waals surface area (Å²) in [6, 6.07) is 0. The number of nitrogens with zero attached hydrogens (tertiary/aromatic N) is 4. The van der Waals surface area contributed by atoms with Gasteiger partial charge in [-0.25, -0.2) is 15.0 Å². The average molecular weight is 343 g/mol. The molecule has 0 aliphatic heterocycles. The Hall–Kier alpha value is -1.18. The lowest BCUT2D eigenvalue weighted by Gasteiger charge is -2.04. The van der Waals surface area contributed by atoms with Gasteiger partial charge in [-0.05, 0) is 35.4 Å². The van der Waals surface area contributed by atoms with Crippen molar-refractivity contribution in [3.8, 4) is 0 Å². The molecule has 0 aliphatic rings. The SMILES string of the molecule is Ic1cnc(NCCCCn2ccnc2)nc1. The molecule has 0 spiro atoms. The largest absolute Gasteiger partial charge is 0.354 e. The van der Waals surface area contributed by atoms with E-state index in [9.17, 15) is 0 Å². The number of halogens is 1. The number of nitrogens with one attached hydrogen (secondary N) is 1. The van der Waals surface area contributed by atoms with Crippen molar-refractivity contribution in [1.29, 1.82) is 0 Å². The minimum atomic E-state index is 0.702. The van der Waals surface area contributed by atoms with E-state index in [-0.39, 0.29) is 0 Å². The normalized spacial score (nSPS) is 10.4. The fourth-order valence-corrected chi connectivity index (χ4v) is 1.72. The summed E-state index contributed by atoms with van der Waals surface area (Å²) in [5.74, 6) is 0.702. The summed E-state index contributed by atoms with van der Waals surface area (Å²) in [6.45, 7) is 1.91. The van der Waals surface area contributed by atoms with E-state index in [2.05, 4.69) is 47.4 Å². The van der Waals surface area contributed by atoms with Crippen LogP contribution in [-0.4, -0.2) is 26.1 Å². The van der Waals surface area contributed by atoms with Gasteiger partial charge in [0.05, 0.1) is 6.33 Å². The Labute approximate surface area is 114 Å². The third-order valence-corrected chi connectivity index (χ3v) is 2.86. The van der Waals surface area contributed by atoms with Crippen molar-refractivity contribution in [2.24, 2.45) is 0 Å². The molecule has 2 aromatic heterocycles. The molecule has 0 bridgehead atoms. The van der Waals surface area contributed by atoms with Gasteiger partial charge < -0.3 is 9.88 Å². The van der Waals surface area contributed by atoms with Gasteiger partial charge in [-0.3, -0.25) is 0 Å². The van der Waals surface area contributed by atoms with Crippen molar-refractivity contribution in [2.45, 2.75) is 19.4 Å². The molecule has 2 rings (SSSR count). The van der Waals surface area contributed by atoms with Crippen LogP contribution in [0.3, 0.4) is 0 Å². The molecule has 0 saturated carbocycles. The molecule has 0 radical (unpaired) electrons. The highest BCUT2D eigenvalue weighted by atomic mass is 127. The molecule has 1 N–H and O–H groups in total. The number of imidazole rings is 1. The van der Waals surface area contributed by atoms with Gasteiger partial charge in [0.2, 0.25) is 5.95 Å². The highest BCUT2D eigenvalue weighted by Crippen LogP contribution is 2.03. The number of aryl methyl sites for hydroxylation is 1. The smallest absolute Gasteiger partial charge is 0.222 e. The third kappa shape index (κ3) is 4.29. The number of hydrogen-bond donors (Lipinski definition) is 1. The lowest BCUT2D eigenvalue weighted by Crippen LogP contribution is -2.06. The monoisotopic (exact) mass is 343 g/mol. The second-order valence-electron chi connectivity index (χ2n) is 3.66. The van der Waals surface area contributed by atoms with E-state index in [0.717, 1.165) is 29.5 Å². The number of unbranched alkanes of at least 4 members (excludes halogenated alkanes) is 1. The highest BCUT2D eigenvalue weighted by Gasteiger charge is 1.95. The predicted octanol–water partition coefficient (Wildman–Crippen LogP) is 2.17. The highest BCUT2D eigenvalue weighted by molar-refractivity contribution is 14.1. The van der Waals surface area contributed by atoms with Crippen LogP contribution in [0.2, 0.25) is 0 Å². The molecule has 0 amide bonds. The van der Waals surface area contributed by atoms with Crippen molar-refractivity contribution in [3.05, 3.63) is 34.7 Å². The first-order valence-corrected chi connectivity index (χ1v) is 6.59. The zero-order valence-electron chi connectivity index (χ0n) is 9.38. The van der Waals surface area contributed by atoms with Gasteiger partial charge in [0, 0.05) is 41.4 Å². The molecule has 0 fully saturated rings. The summed E-state index contributed by atoms with van der Waals surface area (Å²) < 4.78 is 3.13. The summed E-state index contributed by atoms with van der Waals surface area (Å²) in [7, 11) is 0. The van der Waals surface area contributed by atoms with Crippen molar-refractivity contribution >= 4 is 28.5 Å². The van der Waals surface area contributed by atoms with Gasteiger partial charge in [0.1, 0.15) is 0 Å². The third-order valence-electron chi connectivity index (χ3n) is 2.31. The van der Waals surface area contributed by atoms with E-state index in [0.29, 0.717) is 5.95 Å². The Balaban J connectivity index is 1.61. The van der Waals surface area contributed by atoms with Crippen LogP contribution in [0.5, 0.6) is 0 Å². The number of aromatic nitrogens is 4. The van der Waals surface area contributed by atoms with E-state index >= 15 is 0 Å². The van der Waals surface area contributed by atoms with Crippen molar-refractivity contribution in [3.63, 3.8) is 0 Å². The van der Waals surface area contributed by atoms with Gasteiger partial charge in [0.25, 0.3) is 0 Å². The van der Waals surface area contributed by atoms with Gasteiger partial charge in [-0.15, -0.1) is 0 Å². The molecule has 6 heteroatoms. The summed E-state index contributed by atoms with van der Waals surface area (Å²) in [4.78, 5) is 12.4. The first kappa shape index (κ1) is 12.3. The van der Waals surface area contributed by atoms with Crippen LogP contribution >= 0.6 is 22.6 Å². The number of anilines is 1. The molecule has 0 saturated heterocycles. The standard InChI is InChI=1S/C11H14IN5/c12-10-7-15-11(16-8-10)14-3-1-2-5-17-6-4-13-9-17/h4,6-9H,1-3,5H2,(H,14,15,16). The van der Waals surface area contributed by atoms with Gasteiger partial charge in [-0.2, -0.15) is 0 Å². The summed E-state index contributed by atoms with van der Waals surface area (Å²) >= 11 is 2.19. The molecule has 90 valence electrons. The van der Waals surface area contributed by atoms with Crippen molar-refractivity contribution < 1.29 is 0 Å². The van der Waals surface area contributed by atoms with E-state index in [1.54, 1.807) is 18.6 Å². The molecular weight excluding hydrogens is 329 g/mol. The van der Waals surface area contributed by atoms with Crippen molar-refractivity contribution in [2.75, 3.05) is 11.9 Å². The van der Waals surface area contributed by atoms with Crippen LogP contribution in [-0.2, 0) is 6.54 Å². The summed E-state index contributed by atoms with van der Waals surface area (Å²) in [5, 5.41) is 3.20. The van der Waals surface area contributed by atoms with E-state index < -0.39 is 0 Å². The number of hydrogen-bond acceptors (Lipinski definition) is 4. The van der Waals surface area contributed by atoms with Gasteiger partial charge in [-0.1, -0.05) is 0 Å². The van der Waals surface area contributed by atoms with Crippen LogP contribution in [0.25, 0.3) is 0 Å². The van der Waals surface area contributed by atoms with Crippen LogP contribution in [0.4, 0.5) is 5.95 Å². The lowest BCUT2D eigenvalue weighted by atomic mass is 10.3. The zero-order chi connectivity index (χ0) is 11.9. The second-order valence-corrected chi connectivity index (χ2v) is 4.90. The maximum atomic E-state index is 4.18. The molecule has 17 heavy (non-hydrogen) atoms. The van der Waals surface area contributed by atoms with Crippen LogP contribution in [0.15, 0.2) is 31.1 Å². The van der Waals surface area contributed by atoms with E-state index in [4.69, 9.17) is 0 Å². The molecule has 0 aliphatic carbocycles. The van der Waals surface area contributed by atoms with Gasteiger partial charge in [0.15, 0.2) is 0 Å². The minimum Gasteiger partial charge on any atom is -0.354 e. The van der Waals surface area contributed by atoms with Crippen LogP contribution in [0.1, 0.15) is 12.8 Å². The summed E-state index contributed by atoms with van der Waals surface area (Å²) in [5.41, 5.74) is 0. The fraction of sp³-hybridized carbons (Fsp3) is 0.364. The molecule has 2 aromatic rings. The maximum Gasteiger partial charge on any atom is 0.222 e. The van der Waals surface area contributed by atoms with Crippen LogP contribution < -0.4 is 5.32 Å². The Kier molecular flexibility index (Phi) is 4.72. The minimum absolute atomic E-state index is 0.702. The number of rotatable bonds is 6. The predicted molar refractivity (Wildman–Crippen MR) is 74.7 cm³/mol. The molecule has 5 nitrogen and oxygen atoms in total. The van der Waals surface area contributed by atoms with E-state index in [1.807, 2.05) is 12.5 Å². The maximum absolute atomic E-state index is 4.18. The Morgan fingerprint density at radius 2 is 2.06 bits per heavy atom. The van der Waals surface area contributed by atoms with Crippen molar-refractivity contribution in [1.82, 2.24) is 19.5 Å². The molecule has 0 aromatic carbocycles. The van der Waals surface area contributed by atoms with Gasteiger partial charge >= 0.3 is 0 Å². The molecule has 2 heterocycles. The Morgan fingerprint density at radius 1 is 1.24 bits per heavy atom. The topological polar surface area (TPSA) is 55.6 Å². The quantitative estimate of drug-likeness (QED) is 0.645. The average Bonchev–Trinajstić information content (AvgIpc) is 2.84. The van der Waals surface area contributed by atoms with E-state index in [1.165, 1.54) is 0 Å².